The van der Waals surface area contributed by atoms with Gasteiger partial charge in [0.25, 0.3) is 5.91 Å². The second-order valence-corrected chi connectivity index (χ2v) is 7.87. The first-order valence-electron chi connectivity index (χ1n) is 9.56. The Morgan fingerprint density at radius 1 is 1.26 bits per heavy atom. The van der Waals surface area contributed by atoms with Gasteiger partial charge in [-0.15, -0.1) is 11.3 Å². The van der Waals surface area contributed by atoms with Crippen molar-refractivity contribution in [2.24, 2.45) is 0 Å². The van der Waals surface area contributed by atoms with Gasteiger partial charge in [0.05, 0.1) is 17.1 Å². The van der Waals surface area contributed by atoms with E-state index in [0.29, 0.717) is 19.1 Å². The number of nitrogens with one attached hydrogen (secondary N) is 1. The summed E-state index contributed by atoms with van der Waals surface area (Å²) in [7, 11) is 0. The van der Waals surface area contributed by atoms with Gasteiger partial charge in [-0.2, -0.15) is 5.10 Å². The number of aryl methyl sites for hydroxylation is 1. The van der Waals surface area contributed by atoms with Gasteiger partial charge in [-0.1, -0.05) is 44.2 Å². The number of carbonyl (C=O) groups is 1. The maximum absolute atomic E-state index is 12.6. The van der Waals surface area contributed by atoms with Gasteiger partial charge in [0.2, 0.25) is 0 Å². The molecule has 1 aromatic carbocycles. The van der Waals surface area contributed by atoms with E-state index >= 15 is 0 Å². The SMILES string of the molecule is CCN(CC)C(C)CNC(=O)c1cc2c(C)nn(Cc3ccccc3)c2s1. The monoisotopic (exact) mass is 384 g/mol. The largest absolute Gasteiger partial charge is 0.350 e. The molecule has 5 nitrogen and oxygen atoms in total. The molecule has 6 heteroatoms. The van der Waals surface area contributed by atoms with Gasteiger partial charge in [-0.05, 0) is 38.6 Å². The third-order valence-electron chi connectivity index (χ3n) is 5.00. The molecular formula is C21H28N4OS. The average Bonchev–Trinajstić information content (AvgIpc) is 3.23. The lowest BCUT2D eigenvalue weighted by molar-refractivity contribution is 0.0942. The first-order valence-corrected chi connectivity index (χ1v) is 10.4. The summed E-state index contributed by atoms with van der Waals surface area (Å²) in [5, 5.41) is 8.81. The molecule has 3 rings (SSSR count). The quantitative estimate of drug-likeness (QED) is 0.640. The molecule has 0 radical (unpaired) electrons. The van der Waals surface area contributed by atoms with E-state index in [0.717, 1.165) is 33.9 Å². The van der Waals surface area contributed by atoms with Gasteiger partial charge in [-0.3, -0.25) is 14.4 Å². The second kappa shape index (κ2) is 8.67. The van der Waals surface area contributed by atoms with Crippen LogP contribution in [0.15, 0.2) is 36.4 Å². The summed E-state index contributed by atoms with van der Waals surface area (Å²) in [5.41, 5.74) is 2.17. The number of hydrogen-bond donors (Lipinski definition) is 1. The highest BCUT2D eigenvalue weighted by Crippen LogP contribution is 2.28. The van der Waals surface area contributed by atoms with Crippen molar-refractivity contribution in [3.63, 3.8) is 0 Å². The number of likely N-dealkylation sites (N-methyl/N-ethyl adjacent to an activating group) is 1. The fourth-order valence-corrected chi connectivity index (χ4v) is 4.47. The van der Waals surface area contributed by atoms with Gasteiger partial charge in [0, 0.05) is 18.0 Å². The Kier molecular flexibility index (Phi) is 6.29. The van der Waals surface area contributed by atoms with Crippen LogP contribution in [0.25, 0.3) is 10.2 Å². The number of carbonyl (C=O) groups excluding carboxylic acids is 1. The Labute approximate surface area is 165 Å². The van der Waals surface area contributed by atoms with E-state index < -0.39 is 0 Å². The molecule has 0 fully saturated rings. The summed E-state index contributed by atoms with van der Waals surface area (Å²) < 4.78 is 2.00. The summed E-state index contributed by atoms with van der Waals surface area (Å²) in [6, 6.07) is 12.6. The average molecular weight is 385 g/mol. The van der Waals surface area contributed by atoms with Crippen LogP contribution in [0.1, 0.15) is 41.7 Å². The predicted octanol–water partition coefficient (Wildman–Crippen LogP) is 3.91. The van der Waals surface area contributed by atoms with Gasteiger partial charge in [0.15, 0.2) is 0 Å². The molecule has 0 aliphatic heterocycles. The molecule has 1 atom stereocenters. The van der Waals surface area contributed by atoms with E-state index in [4.69, 9.17) is 0 Å². The summed E-state index contributed by atoms with van der Waals surface area (Å²) in [6.07, 6.45) is 0. The van der Waals surface area contributed by atoms with Crippen molar-refractivity contribution < 1.29 is 4.79 Å². The lowest BCUT2D eigenvalue weighted by atomic mass is 10.2. The second-order valence-electron chi connectivity index (χ2n) is 6.84. The van der Waals surface area contributed by atoms with Crippen molar-refractivity contribution in [2.75, 3.05) is 19.6 Å². The van der Waals surface area contributed by atoms with Gasteiger partial charge in [-0.25, -0.2) is 0 Å². The third-order valence-corrected chi connectivity index (χ3v) is 6.15. The highest BCUT2D eigenvalue weighted by molar-refractivity contribution is 7.20. The first-order chi connectivity index (χ1) is 13.0. The summed E-state index contributed by atoms with van der Waals surface area (Å²) in [6.45, 7) is 11.8. The lowest BCUT2D eigenvalue weighted by Crippen LogP contribution is -2.41. The van der Waals surface area contributed by atoms with E-state index in [9.17, 15) is 4.79 Å². The molecule has 2 aromatic heterocycles. The molecular weight excluding hydrogens is 356 g/mol. The van der Waals surface area contributed by atoms with E-state index in [1.807, 2.05) is 35.9 Å². The number of amides is 1. The van der Waals surface area contributed by atoms with Crippen molar-refractivity contribution in [3.8, 4) is 0 Å². The predicted molar refractivity (Wildman–Crippen MR) is 113 cm³/mol. The van der Waals surface area contributed by atoms with Crippen LogP contribution in [0.3, 0.4) is 0 Å². The fraction of sp³-hybridized carbons (Fsp3) is 0.429. The normalized spacial score (nSPS) is 12.6. The maximum atomic E-state index is 12.6. The molecule has 0 saturated heterocycles. The fourth-order valence-electron chi connectivity index (χ4n) is 3.39. The van der Waals surface area contributed by atoms with Crippen molar-refractivity contribution in [2.45, 2.75) is 40.3 Å². The topological polar surface area (TPSA) is 50.2 Å². The van der Waals surface area contributed by atoms with E-state index in [1.54, 1.807) is 0 Å². The van der Waals surface area contributed by atoms with E-state index in [1.165, 1.54) is 16.9 Å². The number of fused-ring (bicyclic) bond motifs is 1. The number of nitrogens with zero attached hydrogens (tertiary/aromatic N) is 3. The zero-order valence-corrected chi connectivity index (χ0v) is 17.3. The molecule has 3 aromatic rings. The van der Waals surface area contributed by atoms with Crippen LogP contribution in [0.4, 0.5) is 0 Å². The number of hydrogen-bond acceptors (Lipinski definition) is 4. The molecule has 144 valence electrons. The minimum atomic E-state index is 0.000803. The highest BCUT2D eigenvalue weighted by atomic mass is 32.1. The van der Waals surface area contributed by atoms with Crippen LogP contribution < -0.4 is 5.32 Å². The van der Waals surface area contributed by atoms with Crippen molar-refractivity contribution in [3.05, 3.63) is 52.5 Å². The van der Waals surface area contributed by atoms with Crippen LogP contribution in [0.5, 0.6) is 0 Å². The number of aromatic nitrogens is 2. The Morgan fingerprint density at radius 3 is 2.63 bits per heavy atom. The maximum Gasteiger partial charge on any atom is 0.261 e. The zero-order valence-electron chi connectivity index (χ0n) is 16.5. The van der Waals surface area contributed by atoms with Crippen molar-refractivity contribution in [1.82, 2.24) is 20.0 Å². The third kappa shape index (κ3) is 4.39. The molecule has 0 saturated carbocycles. The summed E-state index contributed by atoms with van der Waals surface area (Å²) in [4.78, 5) is 16.8. The van der Waals surface area contributed by atoms with Crippen LogP contribution >= 0.6 is 11.3 Å². The number of thiophene rings is 1. The van der Waals surface area contributed by atoms with E-state index in [-0.39, 0.29) is 5.91 Å². The standard InChI is InChI=1S/C21H28N4OS/c1-5-24(6-2)15(3)13-22-20(26)19-12-18-16(4)23-25(21(18)27-19)14-17-10-8-7-9-11-17/h7-12,15H,5-6,13-14H2,1-4H3,(H,22,26). The van der Waals surface area contributed by atoms with Crippen LogP contribution in [-0.4, -0.2) is 46.3 Å². The molecule has 0 aliphatic rings. The van der Waals surface area contributed by atoms with Gasteiger partial charge < -0.3 is 5.32 Å². The Bertz CT molecular complexity index is 896. The molecule has 0 aliphatic carbocycles. The summed E-state index contributed by atoms with van der Waals surface area (Å²) >= 11 is 1.52. The highest BCUT2D eigenvalue weighted by Gasteiger charge is 2.18. The molecule has 0 bridgehead atoms. The van der Waals surface area contributed by atoms with E-state index in [2.05, 4.69) is 48.2 Å². The first kappa shape index (κ1) is 19.6. The molecule has 27 heavy (non-hydrogen) atoms. The van der Waals surface area contributed by atoms with Crippen LogP contribution in [-0.2, 0) is 6.54 Å². The lowest BCUT2D eigenvalue weighted by Gasteiger charge is -2.26. The Morgan fingerprint density at radius 2 is 1.96 bits per heavy atom. The van der Waals surface area contributed by atoms with Gasteiger partial charge >= 0.3 is 0 Å². The zero-order chi connectivity index (χ0) is 19.4. The van der Waals surface area contributed by atoms with Crippen molar-refractivity contribution in [1.29, 1.82) is 0 Å². The summed E-state index contributed by atoms with van der Waals surface area (Å²) in [5.74, 6) is 0.000803. The van der Waals surface area contributed by atoms with Crippen LogP contribution in [0, 0.1) is 6.92 Å². The molecule has 0 spiro atoms. The molecule has 2 heterocycles. The Balaban J connectivity index is 1.74. The minimum absolute atomic E-state index is 0.000803. The molecule has 1 unspecified atom stereocenters. The molecule has 1 N–H and O–H groups in total. The minimum Gasteiger partial charge on any atom is -0.350 e. The van der Waals surface area contributed by atoms with Gasteiger partial charge in [0.1, 0.15) is 4.83 Å². The van der Waals surface area contributed by atoms with Crippen molar-refractivity contribution >= 4 is 27.5 Å². The molecule has 1 amide bonds. The number of benzene rings is 1. The van der Waals surface area contributed by atoms with Crippen LogP contribution in [0.2, 0.25) is 0 Å². The Hall–Kier alpha value is -2.18. The smallest absolute Gasteiger partial charge is 0.261 e. The number of rotatable bonds is 8.